The van der Waals surface area contributed by atoms with Gasteiger partial charge in [0, 0.05) is 31.1 Å². The summed E-state index contributed by atoms with van der Waals surface area (Å²) in [5.41, 5.74) is -0.0525. The summed E-state index contributed by atoms with van der Waals surface area (Å²) in [6.45, 7) is 6.18. The number of ether oxygens (including phenoxy) is 1. The van der Waals surface area contributed by atoms with Crippen molar-refractivity contribution in [2.75, 3.05) is 19.7 Å². The van der Waals surface area contributed by atoms with Crippen LogP contribution >= 0.6 is 0 Å². The second-order valence-corrected chi connectivity index (χ2v) is 4.57. The van der Waals surface area contributed by atoms with Gasteiger partial charge in [-0.05, 0) is 26.0 Å². The van der Waals surface area contributed by atoms with Crippen molar-refractivity contribution in [2.45, 2.75) is 27.2 Å². The lowest BCUT2D eigenvalue weighted by molar-refractivity contribution is -0.385. The van der Waals surface area contributed by atoms with E-state index >= 15 is 0 Å². The van der Waals surface area contributed by atoms with Crippen LogP contribution in [0.25, 0.3) is 0 Å². The molecule has 0 fully saturated rings. The summed E-state index contributed by atoms with van der Waals surface area (Å²) >= 11 is 0. The van der Waals surface area contributed by atoms with E-state index in [2.05, 4.69) is 0 Å². The maximum absolute atomic E-state index is 11.9. The van der Waals surface area contributed by atoms with Crippen molar-refractivity contribution in [3.8, 4) is 5.75 Å². The van der Waals surface area contributed by atoms with Crippen LogP contribution in [0, 0.1) is 10.1 Å². The van der Waals surface area contributed by atoms with E-state index in [0.29, 0.717) is 13.1 Å². The minimum atomic E-state index is -0.621. The van der Waals surface area contributed by atoms with E-state index in [9.17, 15) is 19.7 Å². The molecule has 7 nitrogen and oxygen atoms in total. The molecule has 120 valence electrons. The van der Waals surface area contributed by atoms with Crippen LogP contribution in [0.2, 0.25) is 0 Å². The molecule has 0 radical (unpaired) electrons. The van der Waals surface area contributed by atoms with Gasteiger partial charge in [0.05, 0.1) is 4.92 Å². The molecule has 0 aliphatic heterocycles. The molecule has 0 saturated carbocycles. The van der Waals surface area contributed by atoms with E-state index in [1.54, 1.807) is 11.8 Å². The van der Waals surface area contributed by atoms with E-state index in [4.69, 9.17) is 4.74 Å². The van der Waals surface area contributed by atoms with Gasteiger partial charge in [0.2, 0.25) is 0 Å². The fourth-order valence-corrected chi connectivity index (χ4v) is 1.97. The molecule has 0 heterocycles. The highest BCUT2D eigenvalue weighted by atomic mass is 16.6. The number of Topliss-reactive ketones (excluding diaryl/α,β-unsaturated/α-hetero) is 1. The van der Waals surface area contributed by atoms with Gasteiger partial charge in [0.1, 0.15) is 0 Å². The number of nitro benzene ring substituents is 1. The maximum Gasteiger partial charge on any atom is 0.311 e. The third-order valence-corrected chi connectivity index (χ3v) is 3.27. The monoisotopic (exact) mass is 308 g/mol. The van der Waals surface area contributed by atoms with Crippen molar-refractivity contribution in [3.63, 3.8) is 0 Å². The molecule has 0 saturated heterocycles. The largest absolute Gasteiger partial charge is 0.477 e. The number of hydrogen-bond acceptors (Lipinski definition) is 5. The molecule has 0 aromatic heterocycles. The molecule has 1 aromatic rings. The quantitative estimate of drug-likeness (QED) is 0.418. The first-order valence-corrected chi connectivity index (χ1v) is 7.16. The zero-order chi connectivity index (χ0) is 16.7. The predicted octanol–water partition coefficient (Wildman–Crippen LogP) is 2.43. The Balaban J connectivity index is 2.93. The van der Waals surface area contributed by atoms with Crippen LogP contribution in [0.1, 0.15) is 37.6 Å². The van der Waals surface area contributed by atoms with E-state index in [1.807, 2.05) is 13.8 Å². The number of benzene rings is 1. The van der Waals surface area contributed by atoms with Gasteiger partial charge in [-0.1, -0.05) is 6.92 Å². The summed E-state index contributed by atoms with van der Waals surface area (Å²) < 4.78 is 5.27. The highest BCUT2D eigenvalue weighted by Gasteiger charge is 2.20. The first-order valence-electron chi connectivity index (χ1n) is 7.16. The van der Waals surface area contributed by atoms with Crippen LogP contribution in [0.15, 0.2) is 18.2 Å². The van der Waals surface area contributed by atoms with Gasteiger partial charge in [-0.15, -0.1) is 0 Å². The molecule has 0 bridgehead atoms. The molecule has 1 amide bonds. The van der Waals surface area contributed by atoms with Crippen LogP contribution in [-0.4, -0.2) is 41.2 Å². The van der Waals surface area contributed by atoms with E-state index < -0.39 is 4.92 Å². The summed E-state index contributed by atoms with van der Waals surface area (Å²) in [7, 11) is 0. The van der Waals surface area contributed by atoms with Crippen LogP contribution in [-0.2, 0) is 4.79 Å². The van der Waals surface area contributed by atoms with Gasteiger partial charge in [0.25, 0.3) is 5.91 Å². The van der Waals surface area contributed by atoms with Gasteiger partial charge < -0.3 is 9.64 Å². The number of ketones is 1. The standard InChI is InChI=1S/C15H20N2O5/c1-4-13(18)11-7-8-14(12(9-11)17(20)21)22-10-15(19)16(5-2)6-3/h7-9H,4-6,10H2,1-3H3. The van der Waals surface area contributed by atoms with Crippen molar-refractivity contribution < 1.29 is 19.2 Å². The second kappa shape index (κ2) is 8.11. The van der Waals surface area contributed by atoms with Crippen molar-refractivity contribution in [3.05, 3.63) is 33.9 Å². The third kappa shape index (κ3) is 4.28. The molecule has 1 rings (SSSR count). The lowest BCUT2D eigenvalue weighted by Crippen LogP contribution is -2.34. The summed E-state index contributed by atoms with van der Waals surface area (Å²) in [6, 6.07) is 4.01. The Kier molecular flexibility index (Phi) is 6.49. The third-order valence-electron chi connectivity index (χ3n) is 3.27. The molecule has 22 heavy (non-hydrogen) atoms. The average molecular weight is 308 g/mol. The zero-order valence-corrected chi connectivity index (χ0v) is 13.0. The molecule has 1 aromatic carbocycles. The van der Waals surface area contributed by atoms with Gasteiger partial charge in [-0.25, -0.2) is 0 Å². The van der Waals surface area contributed by atoms with E-state index in [0.717, 1.165) is 0 Å². The van der Waals surface area contributed by atoms with Crippen LogP contribution < -0.4 is 4.74 Å². The topological polar surface area (TPSA) is 89.8 Å². The van der Waals surface area contributed by atoms with Crippen LogP contribution in [0.5, 0.6) is 5.75 Å². The second-order valence-electron chi connectivity index (χ2n) is 4.57. The summed E-state index contributed by atoms with van der Waals surface area (Å²) in [4.78, 5) is 35.5. The Bertz CT molecular complexity index is 567. The molecule has 0 unspecified atom stereocenters. The normalized spacial score (nSPS) is 10.1. The summed E-state index contributed by atoms with van der Waals surface area (Å²) in [5, 5.41) is 11.1. The van der Waals surface area contributed by atoms with Gasteiger partial charge in [0.15, 0.2) is 18.1 Å². The first kappa shape index (κ1) is 17.6. The number of hydrogen-bond donors (Lipinski definition) is 0. The van der Waals surface area contributed by atoms with Crippen molar-refractivity contribution >= 4 is 17.4 Å². The SMILES string of the molecule is CCC(=O)c1ccc(OCC(=O)N(CC)CC)c([N+](=O)[O-])c1. The zero-order valence-electron chi connectivity index (χ0n) is 13.0. The highest BCUT2D eigenvalue weighted by molar-refractivity contribution is 5.96. The van der Waals surface area contributed by atoms with Gasteiger partial charge in [-0.2, -0.15) is 0 Å². The molecule has 0 N–H and O–H groups in total. The van der Waals surface area contributed by atoms with Gasteiger partial charge in [-0.3, -0.25) is 19.7 Å². The molecular weight excluding hydrogens is 288 g/mol. The Morgan fingerprint density at radius 2 is 1.86 bits per heavy atom. The lowest BCUT2D eigenvalue weighted by atomic mass is 10.1. The minimum Gasteiger partial charge on any atom is -0.477 e. The lowest BCUT2D eigenvalue weighted by Gasteiger charge is -2.18. The van der Waals surface area contributed by atoms with Crippen LogP contribution in [0.4, 0.5) is 5.69 Å². The Labute approximate surface area is 129 Å². The number of carbonyl (C=O) groups excluding carboxylic acids is 2. The van der Waals surface area contributed by atoms with Crippen molar-refractivity contribution in [2.24, 2.45) is 0 Å². The molecule has 0 atom stereocenters. The minimum absolute atomic E-state index is 0.0156. The maximum atomic E-state index is 11.9. The number of carbonyl (C=O) groups is 2. The first-order chi connectivity index (χ1) is 10.4. The number of nitrogens with zero attached hydrogens (tertiary/aromatic N) is 2. The van der Waals surface area contributed by atoms with E-state index in [1.165, 1.54) is 18.2 Å². The molecule has 0 aliphatic rings. The van der Waals surface area contributed by atoms with Crippen molar-refractivity contribution in [1.29, 1.82) is 0 Å². The number of nitro groups is 1. The number of likely N-dealkylation sites (N-methyl/N-ethyl adjacent to an activating group) is 1. The van der Waals surface area contributed by atoms with Gasteiger partial charge >= 0.3 is 5.69 Å². The number of rotatable bonds is 8. The molecule has 7 heteroatoms. The summed E-state index contributed by atoms with van der Waals surface area (Å²) in [6.07, 6.45) is 0.262. The Morgan fingerprint density at radius 3 is 2.36 bits per heavy atom. The molecule has 0 spiro atoms. The molecule has 0 aliphatic carbocycles. The smallest absolute Gasteiger partial charge is 0.311 e. The number of amides is 1. The van der Waals surface area contributed by atoms with Crippen LogP contribution in [0.3, 0.4) is 0 Å². The summed E-state index contributed by atoms with van der Waals surface area (Å²) in [5.74, 6) is -0.444. The molecular formula is C15H20N2O5. The fraction of sp³-hybridized carbons (Fsp3) is 0.467. The fourth-order valence-electron chi connectivity index (χ4n) is 1.97. The van der Waals surface area contributed by atoms with Crippen molar-refractivity contribution in [1.82, 2.24) is 4.90 Å². The Morgan fingerprint density at radius 1 is 1.23 bits per heavy atom. The average Bonchev–Trinajstić information content (AvgIpc) is 2.52. The van der Waals surface area contributed by atoms with E-state index in [-0.39, 0.29) is 41.7 Å². The predicted molar refractivity (Wildman–Crippen MR) is 81.1 cm³/mol. The Hall–Kier alpha value is -2.44. The highest BCUT2D eigenvalue weighted by Crippen LogP contribution is 2.28.